The van der Waals surface area contributed by atoms with Gasteiger partial charge < -0.3 is 10.2 Å². The van der Waals surface area contributed by atoms with Gasteiger partial charge in [0.05, 0.1) is 18.2 Å². The van der Waals surface area contributed by atoms with Gasteiger partial charge in [0.25, 0.3) is 0 Å². The molecule has 0 radical (unpaired) electrons. The molecule has 1 heterocycles. The fourth-order valence-electron chi connectivity index (χ4n) is 0.674. The molecule has 0 spiro atoms. The lowest BCUT2D eigenvalue weighted by Gasteiger charge is -1.97. The van der Waals surface area contributed by atoms with E-state index in [0.717, 1.165) is 11.3 Å². The van der Waals surface area contributed by atoms with Crippen LogP contribution in [0.25, 0.3) is 0 Å². The second-order valence-corrected chi connectivity index (χ2v) is 2.63. The molecule has 0 bridgehead atoms. The second-order valence-electron chi connectivity index (χ2n) is 2.19. The first kappa shape index (κ1) is 8.73. The van der Waals surface area contributed by atoms with Crippen LogP contribution in [-0.2, 0) is 0 Å². The molecule has 1 aromatic heterocycles. The summed E-state index contributed by atoms with van der Waals surface area (Å²) >= 11 is 4.58. The van der Waals surface area contributed by atoms with Gasteiger partial charge in [0.1, 0.15) is 0 Å². The summed E-state index contributed by atoms with van der Waals surface area (Å²) in [4.78, 5) is 0. The van der Waals surface area contributed by atoms with Crippen LogP contribution in [0.15, 0.2) is 28.1 Å². The predicted molar refractivity (Wildman–Crippen MR) is 50.8 cm³/mol. The molecule has 5 heteroatoms. The van der Waals surface area contributed by atoms with Crippen molar-refractivity contribution in [3.63, 3.8) is 0 Å². The Morgan fingerprint density at radius 1 is 1.75 bits per heavy atom. The number of hydrazone groups is 1. The molecule has 0 atom stereocenters. The number of nitrogens with two attached hydrogens (primary N) is 1. The van der Waals surface area contributed by atoms with Crippen molar-refractivity contribution >= 4 is 23.0 Å². The van der Waals surface area contributed by atoms with Gasteiger partial charge in [-0.2, -0.15) is 5.10 Å². The number of hydrogen-bond acceptors (Lipinski definition) is 3. The van der Waals surface area contributed by atoms with Crippen LogP contribution < -0.4 is 11.2 Å². The van der Waals surface area contributed by atoms with Crippen molar-refractivity contribution in [1.82, 2.24) is 5.43 Å². The Hall–Kier alpha value is -1.36. The van der Waals surface area contributed by atoms with Crippen LogP contribution in [0.4, 0.5) is 0 Å². The highest BCUT2D eigenvalue weighted by atomic mass is 32.1. The Morgan fingerprint density at radius 2 is 2.50 bits per heavy atom. The van der Waals surface area contributed by atoms with Gasteiger partial charge >= 0.3 is 0 Å². The van der Waals surface area contributed by atoms with Crippen LogP contribution in [0.2, 0.25) is 0 Å². The van der Waals surface area contributed by atoms with Crippen molar-refractivity contribution in [1.29, 1.82) is 0 Å². The first-order valence-electron chi connectivity index (χ1n) is 3.32. The minimum Gasteiger partial charge on any atom is -0.472 e. The van der Waals surface area contributed by atoms with Gasteiger partial charge in [0.2, 0.25) is 0 Å². The molecular formula is C7H9N3OS. The van der Waals surface area contributed by atoms with Gasteiger partial charge in [0, 0.05) is 5.56 Å². The first-order valence-corrected chi connectivity index (χ1v) is 3.73. The van der Waals surface area contributed by atoms with E-state index in [9.17, 15) is 0 Å². The highest BCUT2D eigenvalue weighted by Crippen LogP contribution is 2.00. The molecule has 1 aromatic rings. The fourth-order valence-corrected chi connectivity index (χ4v) is 0.719. The summed E-state index contributed by atoms with van der Waals surface area (Å²) in [6.45, 7) is 1.83. The molecule has 0 aliphatic rings. The molecule has 12 heavy (non-hydrogen) atoms. The van der Waals surface area contributed by atoms with Crippen LogP contribution in [0.3, 0.4) is 0 Å². The summed E-state index contributed by atoms with van der Waals surface area (Å²) in [5.41, 5.74) is 9.35. The Morgan fingerprint density at radius 3 is 3.00 bits per heavy atom. The summed E-state index contributed by atoms with van der Waals surface area (Å²) in [6, 6.07) is 1.81. The lowest BCUT2D eigenvalue weighted by Crippen LogP contribution is -2.25. The monoisotopic (exact) mass is 183 g/mol. The van der Waals surface area contributed by atoms with E-state index in [-0.39, 0.29) is 5.11 Å². The van der Waals surface area contributed by atoms with E-state index in [0.29, 0.717) is 0 Å². The molecule has 0 saturated carbocycles. The van der Waals surface area contributed by atoms with E-state index in [4.69, 9.17) is 10.2 Å². The van der Waals surface area contributed by atoms with Crippen molar-refractivity contribution in [2.45, 2.75) is 6.92 Å². The number of hydrogen-bond donors (Lipinski definition) is 2. The summed E-state index contributed by atoms with van der Waals surface area (Å²) < 4.78 is 4.87. The molecule has 4 nitrogen and oxygen atoms in total. The van der Waals surface area contributed by atoms with Crippen LogP contribution in [-0.4, -0.2) is 10.8 Å². The van der Waals surface area contributed by atoms with Crippen molar-refractivity contribution in [3.05, 3.63) is 24.2 Å². The number of nitrogens with zero attached hydrogens (tertiary/aromatic N) is 1. The van der Waals surface area contributed by atoms with Crippen LogP contribution >= 0.6 is 12.2 Å². The van der Waals surface area contributed by atoms with E-state index < -0.39 is 0 Å². The summed E-state index contributed by atoms with van der Waals surface area (Å²) in [6.07, 6.45) is 3.18. The van der Waals surface area contributed by atoms with Gasteiger partial charge in [-0.3, -0.25) is 5.43 Å². The van der Waals surface area contributed by atoms with Gasteiger partial charge in [-0.25, -0.2) is 0 Å². The SMILES string of the molecule is C/C(=N/NC(N)=S)c1ccoc1. The quantitative estimate of drug-likeness (QED) is 0.405. The molecule has 0 amide bonds. The van der Waals surface area contributed by atoms with E-state index >= 15 is 0 Å². The van der Waals surface area contributed by atoms with Gasteiger partial charge in [-0.1, -0.05) is 0 Å². The van der Waals surface area contributed by atoms with Crippen LogP contribution in [0.5, 0.6) is 0 Å². The Labute approximate surface area is 75.4 Å². The summed E-state index contributed by atoms with van der Waals surface area (Å²) in [7, 11) is 0. The van der Waals surface area contributed by atoms with E-state index in [1.54, 1.807) is 18.6 Å². The molecule has 0 aromatic carbocycles. The normalized spacial score (nSPS) is 11.2. The zero-order valence-electron chi connectivity index (χ0n) is 6.57. The standard InChI is InChI=1S/C7H9N3OS/c1-5(9-10-7(8)12)6-2-3-11-4-6/h2-4H,1H3,(H3,8,10,12)/b9-5-. The highest BCUT2D eigenvalue weighted by molar-refractivity contribution is 7.80. The van der Waals surface area contributed by atoms with Crippen LogP contribution in [0, 0.1) is 0 Å². The average Bonchev–Trinajstić information content (AvgIpc) is 2.51. The summed E-state index contributed by atoms with van der Waals surface area (Å²) in [5.74, 6) is 0. The molecule has 0 fully saturated rings. The number of nitrogens with one attached hydrogen (secondary N) is 1. The third-order valence-corrected chi connectivity index (χ3v) is 1.36. The average molecular weight is 183 g/mol. The largest absolute Gasteiger partial charge is 0.472 e. The number of thiocarbonyl (C=S) groups is 1. The molecule has 0 aliphatic heterocycles. The van der Waals surface area contributed by atoms with E-state index in [1.807, 2.05) is 6.92 Å². The van der Waals surface area contributed by atoms with Gasteiger partial charge in [0.15, 0.2) is 5.11 Å². The highest BCUT2D eigenvalue weighted by Gasteiger charge is 1.97. The van der Waals surface area contributed by atoms with Crippen molar-refractivity contribution < 1.29 is 4.42 Å². The second kappa shape index (κ2) is 3.87. The maximum Gasteiger partial charge on any atom is 0.184 e. The molecule has 0 saturated heterocycles. The van der Waals surface area contributed by atoms with Crippen molar-refractivity contribution in [3.8, 4) is 0 Å². The molecule has 3 N–H and O–H groups in total. The molecule has 64 valence electrons. The first-order chi connectivity index (χ1) is 5.70. The minimum absolute atomic E-state index is 0.151. The van der Waals surface area contributed by atoms with Gasteiger partial charge in [-0.15, -0.1) is 0 Å². The van der Waals surface area contributed by atoms with E-state index in [1.165, 1.54) is 0 Å². The maximum absolute atomic E-state index is 5.18. The van der Waals surface area contributed by atoms with Crippen molar-refractivity contribution in [2.75, 3.05) is 0 Å². The third kappa shape index (κ3) is 2.35. The zero-order chi connectivity index (χ0) is 8.97. The predicted octanol–water partition coefficient (Wildman–Crippen LogP) is 0.837. The molecular weight excluding hydrogens is 174 g/mol. The topological polar surface area (TPSA) is 63.5 Å². The smallest absolute Gasteiger partial charge is 0.184 e. The Kier molecular flexibility index (Phi) is 2.82. The van der Waals surface area contributed by atoms with Crippen molar-refractivity contribution in [2.24, 2.45) is 10.8 Å². The van der Waals surface area contributed by atoms with Gasteiger partial charge in [-0.05, 0) is 25.2 Å². The zero-order valence-corrected chi connectivity index (χ0v) is 7.39. The third-order valence-electron chi connectivity index (χ3n) is 1.27. The molecule has 0 aliphatic carbocycles. The summed E-state index contributed by atoms with van der Waals surface area (Å²) in [5, 5.41) is 4.06. The lowest BCUT2D eigenvalue weighted by atomic mass is 10.2. The van der Waals surface area contributed by atoms with Crippen LogP contribution in [0.1, 0.15) is 12.5 Å². The fraction of sp³-hybridized carbons (Fsp3) is 0.143. The lowest BCUT2D eigenvalue weighted by molar-refractivity contribution is 0.567. The minimum atomic E-state index is 0.151. The Balaban J connectivity index is 2.65. The van der Waals surface area contributed by atoms with E-state index in [2.05, 4.69) is 22.7 Å². The maximum atomic E-state index is 5.18. The Bertz CT molecular complexity index is 292. The molecule has 0 unspecified atom stereocenters. The number of rotatable bonds is 2. The number of furan rings is 1. The molecule has 1 rings (SSSR count).